The Morgan fingerprint density at radius 1 is 1.57 bits per heavy atom. The number of rotatable bonds is 7. The molecule has 2 heterocycles. The SMILES string of the molecule is COCCNC(=O)[C@@H](C)Sc1nnc(-c2ccco2)n1C. The summed E-state index contributed by atoms with van der Waals surface area (Å²) in [6.45, 7) is 2.82. The quantitative estimate of drug-likeness (QED) is 0.613. The van der Waals surface area contributed by atoms with Crippen molar-refractivity contribution < 1.29 is 13.9 Å². The molecular formula is C13H18N4O3S. The Labute approximate surface area is 127 Å². The van der Waals surface area contributed by atoms with Crippen LogP contribution in [0.3, 0.4) is 0 Å². The molecule has 0 fully saturated rings. The lowest BCUT2D eigenvalue weighted by Gasteiger charge is -2.11. The lowest BCUT2D eigenvalue weighted by molar-refractivity contribution is -0.120. The molecule has 0 radical (unpaired) electrons. The third kappa shape index (κ3) is 3.85. The number of furan rings is 1. The molecule has 0 aromatic carbocycles. The smallest absolute Gasteiger partial charge is 0.233 e. The van der Waals surface area contributed by atoms with Gasteiger partial charge in [-0.05, 0) is 19.1 Å². The lowest BCUT2D eigenvalue weighted by atomic mass is 10.4. The monoisotopic (exact) mass is 310 g/mol. The van der Waals surface area contributed by atoms with Gasteiger partial charge in [0.25, 0.3) is 0 Å². The molecule has 114 valence electrons. The first-order valence-corrected chi connectivity index (χ1v) is 7.38. The van der Waals surface area contributed by atoms with E-state index in [1.807, 2.05) is 24.6 Å². The Hall–Kier alpha value is -1.80. The van der Waals surface area contributed by atoms with E-state index in [9.17, 15) is 4.79 Å². The molecule has 0 aliphatic heterocycles. The van der Waals surface area contributed by atoms with Gasteiger partial charge in [0, 0.05) is 20.7 Å². The third-order valence-corrected chi connectivity index (χ3v) is 3.97. The summed E-state index contributed by atoms with van der Waals surface area (Å²) < 4.78 is 12.0. The third-order valence-electron chi connectivity index (χ3n) is 2.83. The van der Waals surface area contributed by atoms with Crippen molar-refractivity contribution in [2.45, 2.75) is 17.3 Å². The molecule has 2 aromatic heterocycles. The summed E-state index contributed by atoms with van der Waals surface area (Å²) in [5, 5.41) is 11.4. The molecule has 7 nitrogen and oxygen atoms in total. The zero-order valence-electron chi connectivity index (χ0n) is 12.2. The predicted octanol–water partition coefficient (Wildman–Crippen LogP) is 1.32. The summed E-state index contributed by atoms with van der Waals surface area (Å²) in [5.41, 5.74) is 0. The minimum absolute atomic E-state index is 0.0559. The van der Waals surface area contributed by atoms with Gasteiger partial charge in [0.05, 0.1) is 18.1 Å². The molecule has 1 amide bonds. The summed E-state index contributed by atoms with van der Waals surface area (Å²) in [6, 6.07) is 3.61. The number of amides is 1. The van der Waals surface area contributed by atoms with E-state index in [4.69, 9.17) is 9.15 Å². The van der Waals surface area contributed by atoms with Crippen molar-refractivity contribution in [3.63, 3.8) is 0 Å². The van der Waals surface area contributed by atoms with Crippen LogP contribution in [0.4, 0.5) is 0 Å². The highest BCUT2D eigenvalue weighted by atomic mass is 32.2. The van der Waals surface area contributed by atoms with Crippen molar-refractivity contribution >= 4 is 17.7 Å². The van der Waals surface area contributed by atoms with E-state index < -0.39 is 0 Å². The molecule has 0 unspecified atom stereocenters. The summed E-state index contributed by atoms with van der Waals surface area (Å²) in [7, 11) is 3.44. The van der Waals surface area contributed by atoms with Gasteiger partial charge in [-0.2, -0.15) is 0 Å². The van der Waals surface area contributed by atoms with Crippen molar-refractivity contribution in [2.24, 2.45) is 7.05 Å². The Morgan fingerprint density at radius 2 is 2.38 bits per heavy atom. The first-order chi connectivity index (χ1) is 10.1. The molecule has 0 bridgehead atoms. The van der Waals surface area contributed by atoms with Gasteiger partial charge < -0.3 is 19.0 Å². The van der Waals surface area contributed by atoms with Gasteiger partial charge in [-0.3, -0.25) is 4.79 Å². The van der Waals surface area contributed by atoms with Crippen LogP contribution in [0.15, 0.2) is 28.0 Å². The summed E-state index contributed by atoms with van der Waals surface area (Å²) >= 11 is 1.35. The van der Waals surface area contributed by atoms with Crippen LogP contribution in [0.5, 0.6) is 0 Å². The Kier molecular flexibility index (Phi) is 5.40. The van der Waals surface area contributed by atoms with Crippen molar-refractivity contribution in [3.05, 3.63) is 18.4 Å². The average Bonchev–Trinajstić information content (AvgIpc) is 3.10. The maximum absolute atomic E-state index is 11.9. The Morgan fingerprint density at radius 3 is 3.05 bits per heavy atom. The van der Waals surface area contributed by atoms with Gasteiger partial charge in [0.2, 0.25) is 5.91 Å². The lowest BCUT2D eigenvalue weighted by Crippen LogP contribution is -2.33. The van der Waals surface area contributed by atoms with E-state index >= 15 is 0 Å². The molecule has 0 saturated heterocycles. The highest BCUT2D eigenvalue weighted by molar-refractivity contribution is 8.00. The topological polar surface area (TPSA) is 82.2 Å². The maximum atomic E-state index is 11.9. The summed E-state index contributed by atoms with van der Waals surface area (Å²) in [4.78, 5) is 11.9. The van der Waals surface area contributed by atoms with Gasteiger partial charge in [-0.15, -0.1) is 10.2 Å². The molecule has 21 heavy (non-hydrogen) atoms. The van der Waals surface area contributed by atoms with E-state index in [1.54, 1.807) is 19.4 Å². The molecule has 1 atom stereocenters. The number of carbonyl (C=O) groups is 1. The second-order valence-electron chi connectivity index (χ2n) is 4.39. The molecular weight excluding hydrogens is 292 g/mol. The normalized spacial score (nSPS) is 12.3. The van der Waals surface area contributed by atoms with E-state index in [0.717, 1.165) is 0 Å². The molecule has 2 aromatic rings. The van der Waals surface area contributed by atoms with Crippen LogP contribution in [0.25, 0.3) is 11.6 Å². The number of thioether (sulfide) groups is 1. The largest absolute Gasteiger partial charge is 0.461 e. The number of methoxy groups -OCH3 is 1. The van der Waals surface area contributed by atoms with Gasteiger partial charge >= 0.3 is 0 Å². The van der Waals surface area contributed by atoms with Gasteiger partial charge in [0.1, 0.15) is 0 Å². The second kappa shape index (κ2) is 7.28. The van der Waals surface area contributed by atoms with E-state index in [0.29, 0.717) is 29.9 Å². The molecule has 0 spiro atoms. The second-order valence-corrected chi connectivity index (χ2v) is 5.69. The van der Waals surface area contributed by atoms with E-state index in [2.05, 4.69) is 15.5 Å². The number of aromatic nitrogens is 3. The molecule has 0 saturated carbocycles. The van der Waals surface area contributed by atoms with E-state index in [1.165, 1.54) is 11.8 Å². The zero-order valence-corrected chi connectivity index (χ0v) is 13.0. The van der Waals surface area contributed by atoms with Crippen molar-refractivity contribution in [1.29, 1.82) is 0 Å². The highest BCUT2D eigenvalue weighted by Gasteiger charge is 2.19. The van der Waals surface area contributed by atoms with Crippen LogP contribution < -0.4 is 5.32 Å². The molecule has 2 rings (SSSR count). The van der Waals surface area contributed by atoms with Crippen LogP contribution in [0.1, 0.15) is 6.92 Å². The highest BCUT2D eigenvalue weighted by Crippen LogP contribution is 2.25. The van der Waals surface area contributed by atoms with Gasteiger partial charge in [-0.25, -0.2) is 0 Å². The van der Waals surface area contributed by atoms with Gasteiger partial charge in [-0.1, -0.05) is 11.8 Å². The zero-order chi connectivity index (χ0) is 15.2. The number of hydrogen-bond acceptors (Lipinski definition) is 6. The Balaban J connectivity index is 1.98. The first-order valence-electron chi connectivity index (χ1n) is 6.50. The predicted molar refractivity (Wildman–Crippen MR) is 78.9 cm³/mol. The maximum Gasteiger partial charge on any atom is 0.233 e. The van der Waals surface area contributed by atoms with Crippen LogP contribution in [-0.2, 0) is 16.6 Å². The number of ether oxygens (including phenoxy) is 1. The standard InChI is InChI=1S/C13H18N4O3S/c1-9(12(18)14-6-8-19-3)21-13-16-15-11(17(13)2)10-5-4-7-20-10/h4-5,7,9H,6,8H2,1-3H3,(H,14,18)/t9-/m1/s1. The molecule has 8 heteroatoms. The van der Waals surface area contributed by atoms with Crippen LogP contribution in [-0.4, -0.2) is 46.2 Å². The van der Waals surface area contributed by atoms with Crippen LogP contribution >= 0.6 is 11.8 Å². The fourth-order valence-corrected chi connectivity index (χ4v) is 2.51. The van der Waals surface area contributed by atoms with Crippen molar-refractivity contribution in [1.82, 2.24) is 20.1 Å². The molecule has 0 aliphatic carbocycles. The minimum atomic E-state index is -0.269. The summed E-state index contributed by atoms with van der Waals surface area (Å²) in [5.74, 6) is 1.23. The van der Waals surface area contributed by atoms with Crippen LogP contribution in [0.2, 0.25) is 0 Å². The number of nitrogens with zero attached hydrogens (tertiary/aromatic N) is 3. The van der Waals surface area contributed by atoms with Crippen molar-refractivity contribution in [2.75, 3.05) is 20.3 Å². The first kappa shape index (κ1) is 15.6. The fourth-order valence-electron chi connectivity index (χ4n) is 1.67. The number of carbonyl (C=O) groups excluding carboxylic acids is 1. The number of hydrogen-bond donors (Lipinski definition) is 1. The fraction of sp³-hybridized carbons (Fsp3) is 0.462. The van der Waals surface area contributed by atoms with Crippen molar-refractivity contribution in [3.8, 4) is 11.6 Å². The van der Waals surface area contributed by atoms with Crippen LogP contribution in [0, 0.1) is 0 Å². The van der Waals surface area contributed by atoms with Gasteiger partial charge in [0.15, 0.2) is 16.7 Å². The average molecular weight is 310 g/mol. The minimum Gasteiger partial charge on any atom is -0.461 e. The summed E-state index contributed by atoms with van der Waals surface area (Å²) in [6.07, 6.45) is 1.59. The number of nitrogens with one attached hydrogen (secondary N) is 1. The molecule has 0 aliphatic rings. The molecule has 1 N–H and O–H groups in total. The Bertz CT molecular complexity index is 582. The van der Waals surface area contributed by atoms with E-state index in [-0.39, 0.29) is 11.2 Å².